The number of hydrogen-bond donors (Lipinski definition) is 1. The summed E-state index contributed by atoms with van der Waals surface area (Å²) >= 11 is 1.24. The summed E-state index contributed by atoms with van der Waals surface area (Å²) in [6.07, 6.45) is 0.631. The first-order valence-corrected chi connectivity index (χ1v) is 15.3. The molecule has 6 rings (SSSR count). The highest BCUT2D eigenvalue weighted by Gasteiger charge is 2.50. The molecule has 0 aliphatic carbocycles. The molecule has 14 heteroatoms. The first-order valence-electron chi connectivity index (χ1n) is 13.1. The van der Waals surface area contributed by atoms with Gasteiger partial charge >= 0.3 is 6.03 Å². The van der Waals surface area contributed by atoms with E-state index in [4.69, 9.17) is 4.74 Å². The van der Waals surface area contributed by atoms with Crippen LogP contribution in [0.25, 0.3) is 10.3 Å². The maximum Gasteiger partial charge on any atom is 0.328 e. The van der Waals surface area contributed by atoms with Crippen LogP contribution >= 0.6 is 11.3 Å². The van der Waals surface area contributed by atoms with E-state index in [9.17, 15) is 18.0 Å². The molecule has 0 bridgehead atoms. The zero-order valence-electron chi connectivity index (χ0n) is 22.6. The van der Waals surface area contributed by atoms with E-state index >= 15 is 0 Å². The van der Waals surface area contributed by atoms with E-state index in [-0.39, 0.29) is 16.8 Å². The summed E-state index contributed by atoms with van der Waals surface area (Å²) in [4.78, 5) is 41.1. The normalized spacial score (nSPS) is 21.8. The number of aromatic nitrogens is 2. The molecule has 2 aromatic heterocycles. The van der Waals surface area contributed by atoms with Crippen LogP contribution in [0.2, 0.25) is 0 Å². The quantitative estimate of drug-likeness (QED) is 0.494. The second-order valence-corrected chi connectivity index (χ2v) is 13.5. The lowest BCUT2D eigenvalue weighted by Gasteiger charge is -2.32. The number of carbonyl (C=O) groups is 2. The van der Waals surface area contributed by atoms with E-state index < -0.39 is 15.4 Å². The van der Waals surface area contributed by atoms with Crippen molar-refractivity contribution in [2.24, 2.45) is 0 Å². The van der Waals surface area contributed by atoms with E-state index in [0.717, 1.165) is 5.56 Å². The lowest BCUT2D eigenvalue weighted by Crippen LogP contribution is -2.47. The van der Waals surface area contributed by atoms with E-state index in [1.54, 1.807) is 40.1 Å². The topological polar surface area (TPSA) is 128 Å². The Morgan fingerprint density at radius 3 is 2.52 bits per heavy atom. The Kier molecular flexibility index (Phi) is 6.68. The number of ether oxygens (including phenoxy) is 1. The van der Waals surface area contributed by atoms with Crippen LogP contribution in [-0.2, 0) is 20.2 Å². The summed E-state index contributed by atoms with van der Waals surface area (Å²) in [6.45, 7) is 5.02. The third kappa shape index (κ3) is 4.58. The number of sulfonamides is 1. The number of anilines is 2. The number of methoxy groups -OCH3 is 1. The number of likely N-dealkylation sites (N-methyl/N-ethyl adjacent to an activating group) is 1. The number of piperazine rings is 1. The predicted molar refractivity (Wildman–Crippen MR) is 152 cm³/mol. The Labute approximate surface area is 236 Å². The lowest BCUT2D eigenvalue weighted by molar-refractivity contribution is -0.127. The molecule has 1 N–H and O–H groups in total. The van der Waals surface area contributed by atoms with Gasteiger partial charge in [0.05, 0.1) is 12.0 Å². The van der Waals surface area contributed by atoms with Gasteiger partial charge in [0.25, 0.3) is 0 Å². The number of nitrogens with one attached hydrogen (secondary N) is 1. The van der Waals surface area contributed by atoms with Crippen molar-refractivity contribution < 1.29 is 22.7 Å². The highest BCUT2D eigenvalue weighted by molar-refractivity contribution is 7.89. The molecule has 2 fully saturated rings. The van der Waals surface area contributed by atoms with Gasteiger partial charge in [0, 0.05) is 69.9 Å². The summed E-state index contributed by atoms with van der Waals surface area (Å²) in [6, 6.07) is 8.13. The van der Waals surface area contributed by atoms with Crippen LogP contribution < -0.4 is 15.0 Å². The Morgan fingerprint density at radius 1 is 1.05 bits per heavy atom. The second kappa shape index (κ2) is 9.94. The molecular formula is C26H31N7O5S2. The molecule has 1 spiro atoms. The Hall–Kier alpha value is -3.33. The molecule has 3 amide bonds. The minimum Gasteiger partial charge on any atom is -0.481 e. The van der Waals surface area contributed by atoms with Crippen LogP contribution in [-0.4, -0.2) is 104 Å². The minimum absolute atomic E-state index is 0.0417. The molecule has 1 atom stereocenters. The molecule has 12 nitrogen and oxygen atoms in total. The Bertz CT molecular complexity index is 1600. The highest BCUT2D eigenvalue weighted by atomic mass is 32.2. The van der Waals surface area contributed by atoms with Gasteiger partial charge in [-0.2, -0.15) is 4.31 Å². The molecule has 2 saturated heterocycles. The largest absolute Gasteiger partial charge is 0.481 e. The zero-order chi connectivity index (χ0) is 28.2. The van der Waals surface area contributed by atoms with Crippen LogP contribution in [0.15, 0.2) is 35.2 Å². The van der Waals surface area contributed by atoms with Crippen molar-refractivity contribution in [3.8, 4) is 5.88 Å². The fourth-order valence-electron chi connectivity index (χ4n) is 5.78. The van der Waals surface area contributed by atoms with Gasteiger partial charge in [-0.3, -0.25) is 15.0 Å². The van der Waals surface area contributed by atoms with E-state index in [0.29, 0.717) is 79.3 Å². The van der Waals surface area contributed by atoms with Gasteiger partial charge in [-0.05, 0) is 43.3 Å². The van der Waals surface area contributed by atoms with Crippen molar-refractivity contribution in [3.63, 3.8) is 0 Å². The van der Waals surface area contributed by atoms with Gasteiger partial charge in [0.1, 0.15) is 10.3 Å². The number of thiazole rings is 1. The monoisotopic (exact) mass is 585 g/mol. The van der Waals surface area contributed by atoms with Crippen LogP contribution in [0.3, 0.4) is 0 Å². The average molecular weight is 586 g/mol. The van der Waals surface area contributed by atoms with Crippen molar-refractivity contribution in [2.75, 3.05) is 70.2 Å². The standard InChI is InChI=1S/C26H31N7O5S2/c1-17(34)31-9-8-26(15-31)16-33(25(35)29-24-27-20-5-7-22(38-3)28-23(20)39-24)21-6-4-18(14-19(21)26)40(36,37)32-12-10-30(2)11-13-32/h4-7,14H,8-13,15-16H2,1-3H3,(H,27,29,35). The fraction of sp³-hybridized carbons (Fsp3) is 0.462. The SMILES string of the molecule is COc1ccc2nc(NC(=O)N3CC4(CCN(C(C)=O)C4)c4cc(S(=O)(=O)N5CCN(C)CC5)ccc43)sc2n1. The molecule has 1 unspecified atom stereocenters. The number of amides is 3. The summed E-state index contributed by atoms with van der Waals surface area (Å²) < 4.78 is 33.9. The minimum atomic E-state index is -3.71. The number of benzene rings is 1. The third-order valence-electron chi connectivity index (χ3n) is 8.09. The predicted octanol–water partition coefficient (Wildman–Crippen LogP) is 2.18. The molecule has 0 radical (unpaired) electrons. The maximum atomic E-state index is 13.6. The molecule has 40 heavy (non-hydrogen) atoms. The number of hydrogen-bond acceptors (Lipinski definition) is 9. The number of rotatable bonds is 4. The Balaban J connectivity index is 1.33. The number of urea groups is 1. The summed E-state index contributed by atoms with van der Waals surface area (Å²) in [7, 11) is -0.193. The number of fused-ring (bicyclic) bond motifs is 3. The van der Waals surface area contributed by atoms with Gasteiger partial charge < -0.3 is 14.5 Å². The van der Waals surface area contributed by atoms with Crippen LogP contribution in [0.5, 0.6) is 5.88 Å². The Morgan fingerprint density at radius 2 is 1.82 bits per heavy atom. The third-order valence-corrected chi connectivity index (χ3v) is 10.9. The van der Waals surface area contributed by atoms with E-state index in [1.807, 2.05) is 7.05 Å². The maximum absolute atomic E-state index is 13.6. The van der Waals surface area contributed by atoms with Gasteiger partial charge in [-0.25, -0.2) is 23.2 Å². The van der Waals surface area contributed by atoms with Crippen LogP contribution in [0.1, 0.15) is 18.9 Å². The average Bonchev–Trinajstić information content (AvgIpc) is 3.64. The second-order valence-electron chi connectivity index (χ2n) is 10.6. The molecule has 5 heterocycles. The molecule has 0 saturated carbocycles. The van der Waals surface area contributed by atoms with Crippen molar-refractivity contribution in [2.45, 2.75) is 23.7 Å². The van der Waals surface area contributed by atoms with E-state index in [2.05, 4.69) is 20.2 Å². The molecule has 3 aliphatic heterocycles. The zero-order valence-corrected chi connectivity index (χ0v) is 24.2. The lowest BCUT2D eigenvalue weighted by atomic mass is 9.81. The first-order chi connectivity index (χ1) is 19.1. The van der Waals surface area contributed by atoms with Gasteiger partial charge in [-0.15, -0.1) is 0 Å². The van der Waals surface area contributed by atoms with Crippen molar-refractivity contribution in [1.82, 2.24) is 24.1 Å². The van der Waals surface area contributed by atoms with Crippen LogP contribution in [0, 0.1) is 0 Å². The summed E-state index contributed by atoms with van der Waals surface area (Å²) in [5.41, 5.74) is 1.50. The smallest absolute Gasteiger partial charge is 0.328 e. The molecule has 3 aliphatic rings. The summed E-state index contributed by atoms with van der Waals surface area (Å²) in [5, 5.41) is 3.29. The summed E-state index contributed by atoms with van der Waals surface area (Å²) in [5.74, 6) is 0.419. The molecule has 212 valence electrons. The molecule has 1 aromatic carbocycles. The van der Waals surface area contributed by atoms with Gasteiger partial charge in [-0.1, -0.05) is 11.3 Å². The number of nitrogens with zero attached hydrogens (tertiary/aromatic N) is 6. The van der Waals surface area contributed by atoms with Gasteiger partial charge in [0.2, 0.25) is 21.8 Å². The first kappa shape index (κ1) is 26.9. The fourth-order valence-corrected chi connectivity index (χ4v) is 8.05. The van der Waals surface area contributed by atoms with Crippen molar-refractivity contribution >= 4 is 54.5 Å². The van der Waals surface area contributed by atoms with Gasteiger partial charge in [0.15, 0.2) is 5.13 Å². The van der Waals surface area contributed by atoms with E-state index in [1.165, 1.54) is 29.7 Å². The molecule has 3 aromatic rings. The number of carbonyl (C=O) groups excluding carboxylic acids is 2. The molecular weight excluding hydrogens is 554 g/mol. The number of likely N-dealkylation sites (tertiary alicyclic amines) is 1. The highest BCUT2D eigenvalue weighted by Crippen LogP contribution is 2.47. The number of pyridine rings is 1. The van der Waals surface area contributed by atoms with Crippen molar-refractivity contribution in [3.05, 3.63) is 35.9 Å². The van der Waals surface area contributed by atoms with Crippen molar-refractivity contribution in [1.29, 1.82) is 0 Å². The van der Waals surface area contributed by atoms with Crippen LogP contribution in [0.4, 0.5) is 15.6 Å².